The van der Waals surface area contributed by atoms with Gasteiger partial charge < -0.3 is 5.32 Å². The number of anilines is 1. The predicted octanol–water partition coefficient (Wildman–Crippen LogP) is 3.37. The fourth-order valence-corrected chi connectivity index (χ4v) is 3.60. The number of fused-ring (bicyclic) bond motifs is 3. The average molecular weight is 389 g/mol. The Morgan fingerprint density at radius 3 is 2.45 bits per heavy atom. The number of nitrogens with one attached hydrogen (secondary N) is 1. The first kappa shape index (κ1) is 18.9. The molecule has 148 valence electrons. The number of benzene rings is 2. The maximum Gasteiger partial charge on any atom is 0.297 e. The van der Waals surface area contributed by atoms with Gasteiger partial charge in [-0.25, -0.2) is 0 Å². The van der Waals surface area contributed by atoms with E-state index in [2.05, 4.69) is 15.5 Å². The zero-order valence-electron chi connectivity index (χ0n) is 16.7. The molecule has 0 aliphatic rings. The van der Waals surface area contributed by atoms with Gasteiger partial charge in [-0.1, -0.05) is 51.1 Å². The summed E-state index contributed by atoms with van der Waals surface area (Å²) in [6.45, 7) is 5.96. The lowest BCUT2D eigenvalue weighted by Gasteiger charge is -2.14. The molecule has 7 nitrogen and oxygen atoms in total. The molecule has 0 saturated carbocycles. The van der Waals surface area contributed by atoms with E-state index in [-0.39, 0.29) is 29.6 Å². The van der Waals surface area contributed by atoms with E-state index in [0.29, 0.717) is 5.52 Å². The number of rotatable bonds is 5. The second-order valence-corrected chi connectivity index (χ2v) is 7.31. The summed E-state index contributed by atoms with van der Waals surface area (Å²) >= 11 is 0. The van der Waals surface area contributed by atoms with Crippen molar-refractivity contribution in [3.63, 3.8) is 0 Å². The largest absolute Gasteiger partial charge is 0.324 e. The lowest BCUT2D eigenvalue weighted by molar-refractivity contribution is -0.116. The third kappa shape index (κ3) is 3.29. The average Bonchev–Trinajstić information content (AvgIpc) is 3.17. The summed E-state index contributed by atoms with van der Waals surface area (Å²) in [5, 5.41) is 11.3. The molecule has 2 heterocycles. The number of hydrogen-bond acceptors (Lipinski definition) is 4. The van der Waals surface area contributed by atoms with Crippen LogP contribution in [-0.4, -0.2) is 25.1 Å². The minimum absolute atomic E-state index is 0.0994. The Balaban J connectivity index is 1.80. The van der Waals surface area contributed by atoms with Crippen LogP contribution >= 0.6 is 0 Å². The smallest absolute Gasteiger partial charge is 0.297 e. The van der Waals surface area contributed by atoms with Gasteiger partial charge in [0.15, 0.2) is 0 Å². The van der Waals surface area contributed by atoms with E-state index < -0.39 is 0 Å². The van der Waals surface area contributed by atoms with Gasteiger partial charge in [-0.2, -0.15) is 0 Å². The van der Waals surface area contributed by atoms with Gasteiger partial charge in [-0.05, 0) is 30.2 Å². The molecule has 2 aromatic carbocycles. The highest BCUT2D eigenvalue weighted by Gasteiger charge is 2.19. The van der Waals surface area contributed by atoms with E-state index in [1.54, 1.807) is 4.40 Å². The van der Waals surface area contributed by atoms with Gasteiger partial charge in [0.2, 0.25) is 11.6 Å². The van der Waals surface area contributed by atoms with Crippen molar-refractivity contribution < 1.29 is 4.79 Å². The molecule has 0 atom stereocenters. The molecule has 0 saturated heterocycles. The molecule has 0 bridgehead atoms. The second-order valence-electron chi connectivity index (χ2n) is 7.31. The van der Waals surface area contributed by atoms with Gasteiger partial charge in [0.05, 0.1) is 11.0 Å². The second kappa shape index (κ2) is 7.50. The molecule has 0 radical (unpaired) electrons. The van der Waals surface area contributed by atoms with Crippen LogP contribution in [0.15, 0.2) is 53.3 Å². The first-order valence-corrected chi connectivity index (χ1v) is 9.75. The lowest BCUT2D eigenvalue weighted by Crippen LogP contribution is -2.30. The molecular weight excluding hydrogens is 366 g/mol. The molecule has 4 rings (SSSR count). The number of aromatic nitrogens is 4. The third-order valence-corrected chi connectivity index (χ3v) is 5.03. The van der Waals surface area contributed by atoms with Crippen LogP contribution in [-0.2, 0) is 17.8 Å². The van der Waals surface area contributed by atoms with E-state index >= 15 is 0 Å². The lowest BCUT2D eigenvalue weighted by atomic mass is 10.1. The quantitative estimate of drug-likeness (QED) is 0.567. The number of hydrogen-bond donors (Lipinski definition) is 1. The summed E-state index contributed by atoms with van der Waals surface area (Å²) < 4.78 is 3.26. The zero-order chi connectivity index (χ0) is 20.5. The zero-order valence-corrected chi connectivity index (χ0v) is 16.7. The third-order valence-electron chi connectivity index (χ3n) is 5.03. The van der Waals surface area contributed by atoms with E-state index in [0.717, 1.165) is 29.0 Å². The fraction of sp³-hybridized carbons (Fsp3) is 0.273. The Labute approximate surface area is 168 Å². The summed E-state index contributed by atoms with van der Waals surface area (Å²) in [7, 11) is 0. The number of para-hydroxylation sites is 3. The molecule has 7 heteroatoms. The number of carbonyl (C=O) groups excluding carboxylic acids is 1. The SMILES string of the molecule is CCc1ccccc1NC(=O)Cn1c(=O)c2nnc(C(C)C)n2c2ccccc21. The van der Waals surface area contributed by atoms with Crippen LogP contribution in [0.1, 0.15) is 38.1 Å². The maximum atomic E-state index is 13.1. The molecule has 0 aliphatic heterocycles. The Morgan fingerprint density at radius 2 is 1.72 bits per heavy atom. The van der Waals surface area contributed by atoms with Crippen molar-refractivity contribution in [2.24, 2.45) is 0 Å². The van der Waals surface area contributed by atoms with E-state index in [9.17, 15) is 9.59 Å². The molecular formula is C22H23N5O2. The van der Waals surface area contributed by atoms with Crippen LogP contribution in [0.2, 0.25) is 0 Å². The Bertz CT molecular complexity index is 1270. The summed E-state index contributed by atoms with van der Waals surface area (Å²) in [4.78, 5) is 25.9. The first-order valence-electron chi connectivity index (χ1n) is 9.75. The van der Waals surface area contributed by atoms with Gasteiger partial charge in [-0.3, -0.25) is 18.6 Å². The summed E-state index contributed by atoms with van der Waals surface area (Å²) in [5.74, 6) is 0.574. The van der Waals surface area contributed by atoms with Crippen molar-refractivity contribution in [1.82, 2.24) is 19.2 Å². The maximum absolute atomic E-state index is 13.1. The van der Waals surface area contributed by atoms with Gasteiger partial charge in [0.1, 0.15) is 12.4 Å². The topological polar surface area (TPSA) is 81.3 Å². The molecule has 0 aliphatic carbocycles. The van der Waals surface area contributed by atoms with Gasteiger partial charge in [0, 0.05) is 11.6 Å². The summed E-state index contributed by atoms with van der Waals surface area (Å²) in [5.41, 5.74) is 3.19. The van der Waals surface area contributed by atoms with Crippen molar-refractivity contribution in [2.45, 2.75) is 39.7 Å². The van der Waals surface area contributed by atoms with E-state index in [1.807, 2.05) is 69.3 Å². The highest BCUT2D eigenvalue weighted by Crippen LogP contribution is 2.20. The molecule has 4 aromatic rings. The predicted molar refractivity (Wildman–Crippen MR) is 113 cm³/mol. The standard InChI is InChI=1S/C22H23N5O2/c1-4-15-9-5-6-10-16(15)23-19(28)13-26-17-11-7-8-12-18(17)27-20(14(2)3)24-25-21(27)22(26)29/h5-12,14H,4,13H2,1-3H3,(H,23,28). The van der Waals surface area contributed by atoms with Crippen LogP contribution in [0.5, 0.6) is 0 Å². The monoisotopic (exact) mass is 389 g/mol. The van der Waals surface area contributed by atoms with Crippen LogP contribution in [0.4, 0.5) is 5.69 Å². The van der Waals surface area contributed by atoms with Gasteiger partial charge in [-0.15, -0.1) is 10.2 Å². The van der Waals surface area contributed by atoms with Crippen molar-refractivity contribution >= 4 is 28.3 Å². The molecule has 2 aromatic heterocycles. The van der Waals surface area contributed by atoms with E-state index in [1.165, 1.54) is 4.57 Å². The van der Waals surface area contributed by atoms with Crippen molar-refractivity contribution in [3.8, 4) is 0 Å². The van der Waals surface area contributed by atoms with E-state index in [4.69, 9.17) is 0 Å². The molecule has 1 amide bonds. The molecule has 0 spiro atoms. The highest BCUT2D eigenvalue weighted by atomic mass is 16.2. The van der Waals surface area contributed by atoms with Crippen molar-refractivity contribution in [2.75, 3.05) is 5.32 Å². The number of carbonyl (C=O) groups is 1. The normalized spacial score (nSPS) is 11.4. The Morgan fingerprint density at radius 1 is 1.03 bits per heavy atom. The molecule has 1 N–H and O–H groups in total. The van der Waals surface area contributed by atoms with Crippen LogP contribution < -0.4 is 10.9 Å². The molecule has 0 unspecified atom stereocenters. The van der Waals surface area contributed by atoms with Gasteiger partial charge >= 0.3 is 0 Å². The van der Waals surface area contributed by atoms with Crippen LogP contribution in [0.3, 0.4) is 0 Å². The van der Waals surface area contributed by atoms with Crippen molar-refractivity contribution in [3.05, 3.63) is 70.3 Å². The minimum atomic E-state index is -0.331. The molecule has 0 fully saturated rings. The summed E-state index contributed by atoms with van der Waals surface area (Å²) in [6, 6.07) is 15.2. The minimum Gasteiger partial charge on any atom is -0.324 e. The Hall–Kier alpha value is -3.48. The number of amides is 1. The Kier molecular flexibility index (Phi) is 4.88. The van der Waals surface area contributed by atoms with Gasteiger partial charge in [0.25, 0.3) is 5.56 Å². The fourth-order valence-electron chi connectivity index (χ4n) is 3.60. The van der Waals surface area contributed by atoms with Crippen molar-refractivity contribution in [1.29, 1.82) is 0 Å². The first-order chi connectivity index (χ1) is 14.0. The number of aryl methyl sites for hydroxylation is 1. The molecule has 29 heavy (non-hydrogen) atoms. The van der Waals surface area contributed by atoms with Crippen LogP contribution in [0.25, 0.3) is 16.7 Å². The number of nitrogens with zero attached hydrogens (tertiary/aromatic N) is 4. The van der Waals surface area contributed by atoms with Crippen LogP contribution in [0, 0.1) is 0 Å². The summed E-state index contributed by atoms with van der Waals surface area (Å²) in [6.07, 6.45) is 0.809. The highest BCUT2D eigenvalue weighted by molar-refractivity contribution is 5.92.